The summed E-state index contributed by atoms with van der Waals surface area (Å²) < 4.78 is 11.1. The van der Waals surface area contributed by atoms with E-state index in [1.54, 1.807) is 23.5 Å². The van der Waals surface area contributed by atoms with Crippen LogP contribution in [0.3, 0.4) is 0 Å². The number of rotatable bonds is 5. The summed E-state index contributed by atoms with van der Waals surface area (Å²) in [6, 6.07) is 7.84. The van der Waals surface area contributed by atoms with Crippen molar-refractivity contribution in [3.05, 3.63) is 40.1 Å². The van der Waals surface area contributed by atoms with Gasteiger partial charge in [0.2, 0.25) is 17.5 Å². The summed E-state index contributed by atoms with van der Waals surface area (Å²) in [6.45, 7) is 2.74. The van der Waals surface area contributed by atoms with E-state index in [9.17, 15) is 15.3 Å². The Morgan fingerprint density at radius 2 is 2.00 bits per heavy atom. The molecule has 1 aliphatic carbocycles. The van der Waals surface area contributed by atoms with Crippen LogP contribution in [0.15, 0.2) is 27.2 Å². The van der Waals surface area contributed by atoms with Gasteiger partial charge >= 0.3 is 0 Å². The molecule has 3 aromatic rings. The summed E-state index contributed by atoms with van der Waals surface area (Å²) in [6.07, 6.45) is 5.66. The standard InChI is InChI=1S/C23H22N6O3S/c24-12-16-15-4-1-2-6-19(15)33-22(16)27-20(30)14-28-7-9-29(10-8-28)23-17(13-25)26-21(32-23)18-5-3-11-31-18/h3,5,11H,1-2,4,6-10,14H2,(H,27,30). The molecule has 0 atom stereocenters. The third kappa shape index (κ3) is 4.23. The van der Waals surface area contributed by atoms with Crippen molar-refractivity contribution >= 4 is 28.1 Å². The summed E-state index contributed by atoms with van der Waals surface area (Å²) in [4.78, 5) is 22.2. The molecule has 5 rings (SSSR count). The van der Waals surface area contributed by atoms with Crippen molar-refractivity contribution < 1.29 is 13.6 Å². The highest BCUT2D eigenvalue weighted by Gasteiger charge is 2.27. The van der Waals surface area contributed by atoms with Crippen LogP contribution in [-0.2, 0) is 17.6 Å². The van der Waals surface area contributed by atoms with E-state index in [4.69, 9.17) is 8.83 Å². The quantitative estimate of drug-likeness (QED) is 0.612. The average Bonchev–Trinajstić information content (AvgIpc) is 3.57. The Morgan fingerprint density at radius 3 is 2.73 bits per heavy atom. The second kappa shape index (κ2) is 9.10. The zero-order valence-corrected chi connectivity index (χ0v) is 18.8. The Morgan fingerprint density at radius 1 is 1.18 bits per heavy atom. The molecule has 1 saturated heterocycles. The molecule has 1 aliphatic heterocycles. The summed E-state index contributed by atoms with van der Waals surface area (Å²) in [5, 5.41) is 22.7. The molecule has 0 radical (unpaired) electrons. The SMILES string of the molecule is N#Cc1nc(-c2ccco2)oc1N1CCN(CC(=O)Nc2sc3c(c2C#N)CCCC3)CC1. The van der Waals surface area contributed by atoms with Crippen molar-refractivity contribution in [3.63, 3.8) is 0 Å². The van der Waals surface area contributed by atoms with Gasteiger partial charge in [0.25, 0.3) is 5.89 Å². The van der Waals surface area contributed by atoms with E-state index >= 15 is 0 Å². The molecule has 0 unspecified atom stereocenters. The van der Waals surface area contributed by atoms with E-state index in [-0.39, 0.29) is 24.0 Å². The molecule has 0 bridgehead atoms. The number of carbonyl (C=O) groups excluding carboxylic acids is 1. The van der Waals surface area contributed by atoms with Crippen molar-refractivity contribution in [2.24, 2.45) is 0 Å². The van der Waals surface area contributed by atoms with Crippen LogP contribution in [0.4, 0.5) is 10.9 Å². The number of oxazole rings is 1. The van der Waals surface area contributed by atoms with Gasteiger partial charge in [0.05, 0.1) is 18.4 Å². The van der Waals surface area contributed by atoms with Crippen LogP contribution in [-0.4, -0.2) is 48.5 Å². The number of fused-ring (bicyclic) bond motifs is 1. The molecule has 1 fully saturated rings. The van der Waals surface area contributed by atoms with E-state index < -0.39 is 0 Å². The van der Waals surface area contributed by atoms with Gasteiger partial charge in [-0.2, -0.15) is 15.5 Å². The number of anilines is 2. The summed E-state index contributed by atoms with van der Waals surface area (Å²) >= 11 is 1.54. The Bertz CT molecular complexity index is 1240. The zero-order chi connectivity index (χ0) is 22.8. The first-order valence-electron chi connectivity index (χ1n) is 10.9. The predicted molar refractivity (Wildman–Crippen MR) is 122 cm³/mol. The normalized spacial score (nSPS) is 16.1. The number of nitrogens with one attached hydrogen (secondary N) is 1. The molecule has 10 heteroatoms. The Hall–Kier alpha value is -3.60. The van der Waals surface area contributed by atoms with Crippen LogP contribution in [0.2, 0.25) is 0 Å². The van der Waals surface area contributed by atoms with Crippen molar-refractivity contribution in [1.29, 1.82) is 10.5 Å². The highest BCUT2D eigenvalue weighted by atomic mass is 32.1. The summed E-state index contributed by atoms with van der Waals surface area (Å²) in [5.74, 6) is 1.06. The molecule has 0 aromatic carbocycles. The molecule has 3 aromatic heterocycles. The lowest BCUT2D eigenvalue weighted by Crippen LogP contribution is -2.48. The molecule has 0 saturated carbocycles. The van der Waals surface area contributed by atoms with E-state index in [2.05, 4.69) is 27.3 Å². The molecule has 33 heavy (non-hydrogen) atoms. The third-order valence-corrected chi connectivity index (χ3v) is 7.22. The van der Waals surface area contributed by atoms with Gasteiger partial charge in [-0.1, -0.05) is 0 Å². The highest BCUT2D eigenvalue weighted by molar-refractivity contribution is 7.16. The maximum atomic E-state index is 12.7. The van der Waals surface area contributed by atoms with Gasteiger partial charge in [-0.25, -0.2) is 0 Å². The van der Waals surface area contributed by atoms with Gasteiger partial charge in [0.1, 0.15) is 17.1 Å². The number of nitrogens with zero attached hydrogens (tertiary/aromatic N) is 5. The Kier molecular flexibility index (Phi) is 5.86. The number of aromatic nitrogens is 1. The number of furan rings is 1. The number of carbonyl (C=O) groups is 1. The lowest BCUT2D eigenvalue weighted by Gasteiger charge is -2.33. The predicted octanol–water partition coefficient (Wildman–Crippen LogP) is 3.38. The monoisotopic (exact) mass is 462 g/mol. The van der Waals surface area contributed by atoms with Crippen molar-refractivity contribution in [3.8, 4) is 23.8 Å². The molecule has 0 spiro atoms. The smallest absolute Gasteiger partial charge is 0.266 e. The van der Waals surface area contributed by atoms with Gasteiger partial charge in [0.15, 0.2) is 5.76 Å². The first-order valence-corrected chi connectivity index (χ1v) is 11.7. The first-order chi connectivity index (χ1) is 16.2. The van der Waals surface area contributed by atoms with Crippen molar-refractivity contribution in [2.75, 3.05) is 42.9 Å². The fraction of sp³-hybridized carbons (Fsp3) is 0.391. The van der Waals surface area contributed by atoms with Crippen LogP contribution in [0.5, 0.6) is 0 Å². The zero-order valence-electron chi connectivity index (χ0n) is 18.0. The molecule has 168 valence electrons. The number of hydrogen-bond donors (Lipinski definition) is 1. The molecule has 4 heterocycles. The minimum Gasteiger partial charge on any atom is -0.459 e. The molecular weight excluding hydrogens is 440 g/mol. The van der Waals surface area contributed by atoms with Gasteiger partial charge in [-0.05, 0) is 43.4 Å². The van der Waals surface area contributed by atoms with Gasteiger partial charge in [0, 0.05) is 31.1 Å². The fourth-order valence-electron chi connectivity index (χ4n) is 4.36. The summed E-state index contributed by atoms with van der Waals surface area (Å²) in [7, 11) is 0. The molecule has 9 nitrogen and oxygen atoms in total. The number of hydrogen-bond acceptors (Lipinski definition) is 9. The number of nitriles is 2. The van der Waals surface area contributed by atoms with E-state index in [0.29, 0.717) is 48.4 Å². The topological polar surface area (TPSA) is 122 Å². The molecule has 1 amide bonds. The number of thiophene rings is 1. The minimum atomic E-state index is -0.115. The van der Waals surface area contributed by atoms with Gasteiger partial charge in [-0.3, -0.25) is 9.69 Å². The number of piperazine rings is 1. The van der Waals surface area contributed by atoms with Crippen LogP contribution >= 0.6 is 11.3 Å². The maximum Gasteiger partial charge on any atom is 0.266 e. The Labute approximate surface area is 194 Å². The molecule has 2 aliphatic rings. The summed E-state index contributed by atoms with van der Waals surface area (Å²) in [5.41, 5.74) is 1.97. The number of amides is 1. The van der Waals surface area contributed by atoms with Crippen molar-refractivity contribution in [1.82, 2.24) is 9.88 Å². The van der Waals surface area contributed by atoms with Gasteiger partial charge < -0.3 is 19.1 Å². The lowest BCUT2D eigenvalue weighted by atomic mass is 9.96. The molecular formula is C23H22N6O3S. The van der Waals surface area contributed by atoms with E-state index in [0.717, 1.165) is 31.2 Å². The second-order valence-corrected chi connectivity index (χ2v) is 9.21. The maximum absolute atomic E-state index is 12.7. The van der Waals surface area contributed by atoms with Crippen molar-refractivity contribution in [2.45, 2.75) is 25.7 Å². The first kappa shape index (κ1) is 21.3. The molecule has 1 N–H and O–H groups in total. The van der Waals surface area contributed by atoms with Gasteiger partial charge in [-0.15, -0.1) is 11.3 Å². The fourth-order valence-corrected chi connectivity index (χ4v) is 5.61. The second-order valence-electron chi connectivity index (χ2n) is 8.10. The largest absolute Gasteiger partial charge is 0.459 e. The third-order valence-electron chi connectivity index (χ3n) is 6.01. The highest BCUT2D eigenvalue weighted by Crippen LogP contribution is 2.37. The average molecular weight is 463 g/mol. The number of aryl methyl sites for hydroxylation is 1. The van der Waals surface area contributed by atoms with E-state index in [1.807, 2.05) is 4.90 Å². The lowest BCUT2D eigenvalue weighted by molar-refractivity contribution is -0.117. The van der Waals surface area contributed by atoms with E-state index in [1.165, 1.54) is 11.1 Å². The van der Waals surface area contributed by atoms with Crippen LogP contribution < -0.4 is 10.2 Å². The van der Waals surface area contributed by atoms with Crippen LogP contribution in [0.1, 0.15) is 34.5 Å². The Balaban J connectivity index is 1.20. The van der Waals surface area contributed by atoms with Crippen LogP contribution in [0, 0.1) is 22.7 Å². The van der Waals surface area contributed by atoms with Crippen LogP contribution in [0.25, 0.3) is 11.7 Å². The minimum absolute atomic E-state index is 0.115.